The average molecular weight is 1110 g/mol. The smallest absolute Gasteiger partial charge is 0.243 e. The van der Waals surface area contributed by atoms with Crippen molar-refractivity contribution in [1.29, 1.82) is 0 Å². The number of nitrogens with zero attached hydrogens (tertiary/aromatic N) is 9. The number of benzene rings is 1. The molecule has 10 rings (SSSR count). The summed E-state index contributed by atoms with van der Waals surface area (Å²) >= 11 is 10.0. The molecule has 3 amide bonds. The maximum Gasteiger partial charge on any atom is 0.243 e. The molecule has 412 valence electrons. The van der Waals surface area contributed by atoms with Crippen LogP contribution in [0.2, 0.25) is 5.02 Å². The van der Waals surface area contributed by atoms with E-state index in [0.29, 0.717) is 103 Å². The maximum absolute atomic E-state index is 14.1. The largest absolute Gasteiger partial charge is 0.490 e. The van der Waals surface area contributed by atoms with Crippen LogP contribution in [0.3, 0.4) is 0 Å². The number of β-amino-alcohol motifs (C(OH)–C–C–N with tert-alkyl or cyclic N) is 1. The molecule has 0 saturated carbocycles. The van der Waals surface area contributed by atoms with E-state index < -0.39 is 18.1 Å². The Labute approximate surface area is 462 Å². The van der Waals surface area contributed by atoms with E-state index >= 15 is 0 Å². The molecule has 5 saturated heterocycles. The number of aromatic nitrogens is 5. The fraction of sp³-hybridized carbons (Fsp3) is 0.564. The van der Waals surface area contributed by atoms with Crippen LogP contribution in [0.15, 0.2) is 62.7 Å². The van der Waals surface area contributed by atoms with E-state index in [1.165, 1.54) is 16.7 Å². The number of aliphatic hydroxyl groups excluding tert-OH is 2. The number of piperidine rings is 3. The number of aryl methyl sites for hydroxylation is 2. The van der Waals surface area contributed by atoms with Gasteiger partial charge < -0.3 is 54.9 Å². The molecule has 1 spiro atoms. The van der Waals surface area contributed by atoms with E-state index in [9.17, 15) is 24.6 Å². The van der Waals surface area contributed by atoms with Gasteiger partial charge in [0.05, 0.1) is 58.4 Å². The highest BCUT2D eigenvalue weighted by molar-refractivity contribution is 7.99. The number of carbonyl (C=O) groups excluding carboxylic acids is 3. The van der Waals surface area contributed by atoms with E-state index in [4.69, 9.17) is 41.3 Å². The predicted molar refractivity (Wildman–Crippen MR) is 293 cm³/mol. The summed E-state index contributed by atoms with van der Waals surface area (Å²) in [5.41, 5.74) is 12.1. The van der Waals surface area contributed by atoms with E-state index in [0.717, 1.165) is 52.5 Å². The van der Waals surface area contributed by atoms with Crippen LogP contribution in [0.5, 0.6) is 5.75 Å². The number of hydrogen-bond acceptors (Lipinski definition) is 18. The first-order chi connectivity index (χ1) is 37.1. The summed E-state index contributed by atoms with van der Waals surface area (Å²) in [6.07, 6.45) is 7.01. The molecule has 9 heterocycles. The summed E-state index contributed by atoms with van der Waals surface area (Å²) in [5.74, 6) is 0.993. The highest BCUT2D eigenvalue weighted by Crippen LogP contribution is 2.44. The van der Waals surface area contributed by atoms with Gasteiger partial charge in [-0.05, 0) is 70.1 Å². The molecule has 1 aromatic carbocycles. The summed E-state index contributed by atoms with van der Waals surface area (Å²) in [6.45, 7) is 14.1. The van der Waals surface area contributed by atoms with Crippen LogP contribution >= 0.6 is 34.7 Å². The Morgan fingerprint density at radius 3 is 2.42 bits per heavy atom. The van der Waals surface area contributed by atoms with E-state index in [-0.39, 0.29) is 79.3 Å². The number of hydrogen-bond donors (Lipinski definition) is 4. The summed E-state index contributed by atoms with van der Waals surface area (Å²) in [6, 6.07) is 8.69. The lowest BCUT2D eigenvalue weighted by Crippen LogP contribution is -2.51. The predicted octanol–water partition coefficient (Wildman–Crippen LogP) is 6.53. The van der Waals surface area contributed by atoms with Crippen LogP contribution in [0.1, 0.15) is 100 Å². The van der Waals surface area contributed by atoms with Crippen LogP contribution in [-0.4, -0.2) is 146 Å². The molecular formula is C55H70ClN11O8S2. The second kappa shape index (κ2) is 23.5. The van der Waals surface area contributed by atoms with Crippen molar-refractivity contribution in [2.75, 3.05) is 62.2 Å². The topological polar surface area (TPSA) is 239 Å². The summed E-state index contributed by atoms with van der Waals surface area (Å²) in [4.78, 5) is 70.4. The lowest BCUT2D eigenvalue weighted by atomic mass is 9.73. The van der Waals surface area contributed by atoms with Crippen LogP contribution in [0, 0.1) is 31.1 Å². The number of anilines is 2. The number of pyridine rings is 1. The number of thiazole rings is 1. The molecule has 77 heavy (non-hydrogen) atoms. The third-order valence-corrected chi connectivity index (χ3v) is 18.8. The zero-order valence-corrected chi connectivity index (χ0v) is 46.8. The number of aliphatic hydroxyl groups is 2. The van der Waals surface area contributed by atoms with Crippen molar-refractivity contribution in [3.63, 3.8) is 0 Å². The number of likely N-dealkylation sites (tertiary alicyclic amines) is 2. The Morgan fingerprint density at radius 1 is 1.00 bits per heavy atom. The van der Waals surface area contributed by atoms with Crippen molar-refractivity contribution in [2.24, 2.45) is 23.0 Å². The first-order valence-electron chi connectivity index (χ1n) is 26.9. The minimum Gasteiger partial charge on any atom is -0.490 e. The van der Waals surface area contributed by atoms with Gasteiger partial charge in [0.15, 0.2) is 5.82 Å². The highest BCUT2D eigenvalue weighted by atomic mass is 35.5. The molecule has 5 aliphatic rings. The molecule has 5 atom stereocenters. The normalized spacial score (nSPS) is 22.6. The van der Waals surface area contributed by atoms with Gasteiger partial charge in [0.25, 0.3) is 0 Å². The van der Waals surface area contributed by atoms with Crippen LogP contribution in [-0.2, 0) is 32.3 Å². The fourth-order valence-corrected chi connectivity index (χ4v) is 13.8. The summed E-state index contributed by atoms with van der Waals surface area (Å²) in [7, 11) is 0. The Hall–Kier alpha value is -5.42. The molecule has 0 unspecified atom stereocenters. The van der Waals surface area contributed by atoms with Gasteiger partial charge in [-0.3, -0.25) is 14.4 Å². The molecule has 0 aliphatic carbocycles. The maximum atomic E-state index is 14.1. The number of carbonyl (C=O) groups is 3. The Morgan fingerprint density at radius 2 is 1.75 bits per heavy atom. The van der Waals surface area contributed by atoms with E-state index in [1.807, 2.05) is 62.4 Å². The standard InChI is InChI=1S/C55H70ClN11O8S2/c1-31(2)46(43-22-32(3)63-75-43)54(72)67-27-38(69)24-41(67)52(70)60-25-37-7-6-36(48-33(4)61-30-76-48)23-42(37)74-39-11-18-66(19-12-39)53(71)35-9-16-64(17-10-35)51-47(56)44(8-15-58-51)77-45-26-59-50(40(28-68)62-45)65-20-13-55(14-21-65)29-73-34(5)49(55)57/h6-8,15,22-23,26,30-31,34-35,38-39,41,46,49,68-69H,9-14,16-21,24-25,27-29,57H2,1-5H3,(H,60,70)/t34-,38+,41-,46-,49+/m0/s1. The first kappa shape index (κ1) is 54.9. The summed E-state index contributed by atoms with van der Waals surface area (Å²) in [5, 5.41) is 29.3. The zero-order chi connectivity index (χ0) is 54.1. The van der Waals surface area contributed by atoms with Crippen LogP contribution in [0.25, 0.3) is 10.4 Å². The van der Waals surface area contributed by atoms with Crippen molar-refractivity contribution in [1.82, 2.24) is 40.2 Å². The number of rotatable bonds is 15. The average Bonchev–Trinajstić information content (AvgIpc) is 4.23. The van der Waals surface area contributed by atoms with Crippen molar-refractivity contribution < 1.29 is 38.6 Å². The number of nitrogens with one attached hydrogen (secondary N) is 1. The Kier molecular flexibility index (Phi) is 16.8. The quantitative estimate of drug-likeness (QED) is 0.0871. The van der Waals surface area contributed by atoms with Crippen molar-refractivity contribution in [3.8, 4) is 16.2 Å². The zero-order valence-electron chi connectivity index (χ0n) is 44.4. The Bertz CT molecular complexity index is 2920. The second-order valence-corrected chi connectivity index (χ2v) is 24.1. The van der Waals surface area contributed by atoms with Crippen molar-refractivity contribution in [3.05, 3.63) is 81.7 Å². The Balaban J connectivity index is 0.731. The second-order valence-electron chi connectivity index (χ2n) is 21.8. The van der Waals surface area contributed by atoms with Crippen LogP contribution in [0.4, 0.5) is 11.6 Å². The van der Waals surface area contributed by atoms with E-state index in [1.54, 1.807) is 36.7 Å². The molecular weight excluding hydrogens is 1040 g/mol. The van der Waals surface area contributed by atoms with Crippen molar-refractivity contribution in [2.45, 2.75) is 139 Å². The molecule has 5 N–H and O–H groups in total. The first-order valence-corrected chi connectivity index (χ1v) is 29.0. The lowest BCUT2D eigenvalue weighted by molar-refractivity contribution is -0.141. The van der Waals surface area contributed by atoms with Gasteiger partial charge in [-0.25, -0.2) is 19.9 Å². The minimum absolute atomic E-state index is 0.00650. The molecule has 5 aliphatic heterocycles. The lowest BCUT2D eigenvalue weighted by Gasteiger charge is -2.41. The molecule has 0 radical (unpaired) electrons. The van der Waals surface area contributed by atoms with Crippen molar-refractivity contribution >= 4 is 64.1 Å². The van der Waals surface area contributed by atoms with Gasteiger partial charge in [0.2, 0.25) is 17.7 Å². The van der Waals surface area contributed by atoms with E-state index in [2.05, 4.69) is 30.2 Å². The third kappa shape index (κ3) is 11.7. The minimum atomic E-state index is -0.866. The molecule has 22 heteroatoms. The fourth-order valence-electron chi connectivity index (χ4n) is 11.8. The van der Waals surface area contributed by atoms with Crippen LogP contribution < -0.4 is 25.6 Å². The van der Waals surface area contributed by atoms with Gasteiger partial charge in [-0.15, -0.1) is 11.3 Å². The van der Waals surface area contributed by atoms with Gasteiger partial charge >= 0.3 is 0 Å². The van der Waals surface area contributed by atoms with Gasteiger partial charge in [0, 0.05) is 112 Å². The third-order valence-electron chi connectivity index (χ3n) is 16.4. The SMILES string of the molecule is Cc1cc([C@@H](C(=O)N2C[C@H](O)C[C@H]2C(=O)NCc2ccc(-c3scnc3C)cc2OC2CCN(C(=O)C3CCN(c4nccc(Sc5cnc(N6CCC7(CC6)CO[C@@H](C)[C@H]7N)c(CO)n5)c4Cl)CC3)CC2)C(C)C)on1. The van der Waals surface area contributed by atoms with Gasteiger partial charge in [-0.1, -0.05) is 54.5 Å². The number of nitrogens with two attached hydrogens (primary N) is 1. The van der Waals surface area contributed by atoms with Gasteiger partial charge in [0.1, 0.15) is 46.1 Å². The molecule has 5 aromatic rings. The number of ether oxygens (including phenoxy) is 2. The van der Waals surface area contributed by atoms with Gasteiger partial charge in [-0.2, -0.15) is 0 Å². The summed E-state index contributed by atoms with van der Waals surface area (Å²) < 4.78 is 18.2. The molecule has 4 aromatic heterocycles. The molecule has 0 bridgehead atoms. The molecule has 19 nitrogen and oxygen atoms in total. The number of amides is 3. The highest BCUT2D eigenvalue weighted by Gasteiger charge is 2.48. The molecule has 5 fully saturated rings. The monoisotopic (exact) mass is 1110 g/mol. The number of halogens is 1.